The maximum atomic E-state index is 11.1. The van der Waals surface area contributed by atoms with Crippen LogP contribution in [0.3, 0.4) is 0 Å². The van der Waals surface area contributed by atoms with Gasteiger partial charge in [0.2, 0.25) is 0 Å². The molecule has 1 aromatic rings. The monoisotopic (exact) mass is 259 g/mol. The third-order valence-electron chi connectivity index (χ3n) is 5.23. The van der Waals surface area contributed by atoms with Gasteiger partial charge in [0.15, 0.2) is 0 Å². The van der Waals surface area contributed by atoms with Crippen molar-refractivity contribution in [1.82, 2.24) is 5.32 Å². The first-order chi connectivity index (χ1) is 9.24. The molecule has 1 aliphatic carbocycles. The quantitative estimate of drug-likeness (QED) is 0.874. The molecule has 0 aromatic heterocycles. The fourth-order valence-corrected chi connectivity index (χ4v) is 3.58. The summed E-state index contributed by atoms with van der Waals surface area (Å²) in [5, 5.41) is 14.5. The molecule has 2 N–H and O–H groups in total. The summed E-state index contributed by atoms with van der Waals surface area (Å²) in [6.45, 7) is 4.01. The van der Waals surface area contributed by atoms with Crippen molar-refractivity contribution in [3.05, 3.63) is 35.4 Å². The predicted octanol–water partition coefficient (Wildman–Crippen LogP) is 3.16. The number of piperidine rings is 1. The maximum Gasteiger partial charge on any atom is 0.0948 e. The van der Waals surface area contributed by atoms with Crippen molar-refractivity contribution in [3.63, 3.8) is 0 Å². The number of hydrogen-bond acceptors (Lipinski definition) is 2. The van der Waals surface area contributed by atoms with Crippen LogP contribution in [0, 0.1) is 5.92 Å². The standard InChI is InChI=1S/C17H25NO/c1-2-15-12-18-11-10-17(15,19)16-8-6-14(7-9-16)13-4-3-5-13/h6-9,13,15,18-19H,2-5,10-12H2,1H3. The number of benzene rings is 1. The molecule has 2 fully saturated rings. The van der Waals surface area contributed by atoms with Crippen molar-refractivity contribution >= 4 is 0 Å². The van der Waals surface area contributed by atoms with Crippen molar-refractivity contribution in [2.75, 3.05) is 13.1 Å². The second kappa shape index (κ2) is 5.26. The highest BCUT2D eigenvalue weighted by Crippen LogP contribution is 2.40. The molecule has 0 bridgehead atoms. The van der Waals surface area contributed by atoms with Gasteiger partial charge in [-0.05, 0) is 49.3 Å². The zero-order valence-electron chi connectivity index (χ0n) is 11.9. The van der Waals surface area contributed by atoms with Gasteiger partial charge in [0, 0.05) is 12.5 Å². The normalized spacial score (nSPS) is 32.0. The number of nitrogens with one attached hydrogen (secondary N) is 1. The van der Waals surface area contributed by atoms with Crippen LogP contribution < -0.4 is 5.32 Å². The molecule has 1 saturated heterocycles. The first kappa shape index (κ1) is 13.1. The Balaban J connectivity index is 1.83. The van der Waals surface area contributed by atoms with E-state index in [-0.39, 0.29) is 0 Å². The Morgan fingerprint density at radius 1 is 1.26 bits per heavy atom. The van der Waals surface area contributed by atoms with Crippen molar-refractivity contribution in [3.8, 4) is 0 Å². The summed E-state index contributed by atoms with van der Waals surface area (Å²) in [6.07, 6.45) is 5.90. The van der Waals surface area contributed by atoms with Crippen LogP contribution in [0.4, 0.5) is 0 Å². The summed E-state index contributed by atoms with van der Waals surface area (Å²) in [7, 11) is 0. The summed E-state index contributed by atoms with van der Waals surface area (Å²) >= 11 is 0. The van der Waals surface area contributed by atoms with E-state index in [1.165, 1.54) is 24.8 Å². The fourth-order valence-electron chi connectivity index (χ4n) is 3.58. The van der Waals surface area contributed by atoms with E-state index in [2.05, 4.69) is 36.5 Å². The molecule has 0 amide bonds. The highest BCUT2D eigenvalue weighted by atomic mass is 16.3. The van der Waals surface area contributed by atoms with Gasteiger partial charge in [0.1, 0.15) is 0 Å². The van der Waals surface area contributed by atoms with Gasteiger partial charge < -0.3 is 10.4 Å². The molecule has 1 aliphatic heterocycles. The topological polar surface area (TPSA) is 32.3 Å². The van der Waals surface area contributed by atoms with Crippen LogP contribution in [0.25, 0.3) is 0 Å². The Bertz CT molecular complexity index is 423. The SMILES string of the molecule is CCC1CNCCC1(O)c1ccc(C2CCC2)cc1. The average Bonchev–Trinajstić information content (AvgIpc) is 2.38. The van der Waals surface area contributed by atoms with Gasteiger partial charge in [-0.15, -0.1) is 0 Å². The van der Waals surface area contributed by atoms with Crippen molar-refractivity contribution < 1.29 is 5.11 Å². The van der Waals surface area contributed by atoms with Crippen LogP contribution in [-0.2, 0) is 5.60 Å². The smallest absolute Gasteiger partial charge is 0.0948 e. The van der Waals surface area contributed by atoms with Gasteiger partial charge in [-0.2, -0.15) is 0 Å². The van der Waals surface area contributed by atoms with E-state index in [0.717, 1.165) is 37.4 Å². The van der Waals surface area contributed by atoms with Gasteiger partial charge in [-0.25, -0.2) is 0 Å². The minimum absolute atomic E-state index is 0.329. The third-order valence-corrected chi connectivity index (χ3v) is 5.23. The summed E-state index contributed by atoms with van der Waals surface area (Å²) in [4.78, 5) is 0. The number of aliphatic hydroxyl groups is 1. The maximum absolute atomic E-state index is 11.1. The van der Waals surface area contributed by atoms with Gasteiger partial charge in [-0.3, -0.25) is 0 Å². The van der Waals surface area contributed by atoms with E-state index in [1.807, 2.05) is 0 Å². The molecule has 1 saturated carbocycles. The van der Waals surface area contributed by atoms with E-state index < -0.39 is 5.60 Å². The van der Waals surface area contributed by atoms with E-state index in [4.69, 9.17) is 0 Å². The first-order valence-electron chi connectivity index (χ1n) is 7.77. The number of hydrogen-bond donors (Lipinski definition) is 2. The van der Waals surface area contributed by atoms with Gasteiger partial charge in [0.25, 0.3) is 0 Å². The molecule has 2 atom stereocenters. The lowest BCUT2D eigenvalue weighted by Gasteiger charge is -2.40. The molecule has 2 aliphatic rings. The first-order valence-corrected chi connectivity index (χ1v) is 7.77. The van der Waals surface area contributed by atoms with E-state index in [9.17, 15) is 5.11 Å². The summed E-state index contributed by atoms with van der Waals surface area (Å²) in [5.41, 5.74) is 1.95. The van der Waals surface area contributed by atoms with E-state index in [0.29, 0.717) is 5.92 Å². The molecule has 104 valence electrons. The molecule has 2 heteroatoms. The van der Waals surface area contributed by atoms with Crippen molar-refractivity contribution in [2.24, 2.45) is 5.92 Å². The second-order valence-electron chi connectivity index (χ2n) is 6.23. The molecule has 2 unspecified atom stereocenters. The zero-order valence-corrected chi connectivity index (χ0v) is 11.9. The molecule has 3 rings (SSSR count). The lowest BCUT2D eigenvalue weighted by Crippen LogP contribution is -2.47. The molecule has 1 aromatic carbocycles. The Morgan fingerprint density at radius 3 is 2.58 bits per heavy atom. The summed E-state index contributed by atoms with van der Waals surface area (Å²) < 4.78 is 0. The van der Waals surface area contributed by atoms with Crippen molar-refractivity contribution in [1.29, 1.82) is 0 Å². The molecular formula is C17H25NO. The highest BCUT2D eigenvalue weighted by Gasteiger charge is 2.39. The molecule has 0 radical (unpaired) electrons. The van der Waals surface area contributed by atoms with Crippen LogP contribution in [0.1, 0.15) is 56.1 Å². The van der Waals surface area contributed by atoms with Crippen LogP contribution in [0.5, 0.6) is 0 Å². The Labute approximate surface area is 116 Å². The molecular weight excluding hydrogens is 234 g/mol. The van der Waals surface area contributed by atoms with Crippen LogP contribution >= 0.6 is 0 Å². The third kappa shape index (κ3) is 2.32. The second-order valence-corrected chi connectivity index (χ2v) is 6.23. The lowest BCUT2D eigenvalue weighted by atomic mass is 9.74. The van der Waals surface area contributed by atoms with Gasteiger partial charge >= 0.3 is 0 Å². The van der Waals surface area contributed by atoms with Crippen LogP contribution in [0.15, 0.2) is 24.3 Å². The molecule has 19 heavy (non-hydrogen) atoms. The number of rotatable bonds is 3. The average molecular weight is 259 g/mol. The van der Waals surface area contributed by atoms with Gasteiger partial charge in [-0.1, -0.05) is 37.6 Å². The zero-order chi connectivity index (χ0) is 13.3. The lowest BCUT2D eigenvalue weighted by molar-refractivity contribution is -0.0478. The Hall–Kier alpha value is -0.860. The highest BCUT2D eigenvalue weighted by molar-refractivity contribution is 5.31. The summed E-state index contributed by atoms with van der Waals surface area (Å²) in [5.74, 6) is 1.11. The van der Waals surface area contributed by atoms with Crippen LogP contribution in [-0.4, -0.2) is 18.2 Å². The van der Waals surface area contributed by atoms with E-state index in [1.54, 1.807) is 0 Å². The molecule has 0 spiro atoms. The predicted molar refractivity (Wildman–Crippen MR) is 78.2 cm³/mol. The van der Waals surface area contributed by atoms with Crippen molar-refractivity contribution in [2.45, 2.75) is 50.5 Å². The largest absolute Gasteiger partial charge is 0.385 e. The molecule has 2 nitrogen and oxygen atoms in total. The Kier molecular flexibility index (Phi) is 3.64. The van der Waals surface area contributed by atoms with Crippen LogP contribution in [0.2, 0.25) is 0 Å². The fraction of sp³-hybridized carbons (Fsp3) is 0.647. The minimum atomic E-state index is -0.627. The molecule has 1 heterocycles. The Morgan fingerprint density at radius 2 is 2.00 bits per heavy atom. The van der Waals surface area contributed by atoms with E-state index >= 15 is 0 Å². The summed E-state index contributed by atoms with van der Waals surface area (Å²) in [6, 6.07) is 8.82. The minimum Gasteiger partial charge on any atom is -0.385 e. The van der Waals surface area contributed by atoms with Gasteiger partial charge in [0.05, 0.1) is 5.60 Å².